The lowest BCUT2D eigenvalue weighted by molar-refractivity contribution is -0.137. The van der Waals surface area contributed by atoms with Crippen LogP contribution < -0.4 is 4.90 Å². The highest BCUT2D eigenvalue weighted by Gasteiger charge is 2.31. The van der Waals surface area contributed by atoms with Crippen LogP contribution in [0.2, 0.25) is 0 Å². The quantitative estimate of drug-likeness (QED) is 0.297. The van der Waals surface area contributed by atoms with Gasteiger partial charge in [0, 0.05) is 55.3 Å². The molecule has 0 N–H and O–H groups in total. The summed E-state index contributed by atoms with van der Waals surface area (Å²) in [6.45, 7) is 8.50. The zero-order valence-corrected chi connectivity index (χ0v) is 23.0. The molecule has 4 rings (SSSR count). The molecule has 0 saturated carbocycles. The van der Waals surface area contributed by atoms with Crippen LogP contribution in [0.5, 0.6) is 0 Å². The molecule has 1 fully saturated rings. The van der Waals surface area contributed by atoms with Gasteiger partial charge in [0.1, 0.15) is 5.82 Å². The van der Waals surface area contributed by atoms with Crippen LogP contribution in [0.4, 0.5) is 19.0 Å². The van der Waals surface area contributed by atoms with Crippen molar-refractivity contribution in [3.8, 4) is 11.4 Å². The Bertz CT molecular complexity index is 1250. The zero-order valence-electron chi connectivity index (χ0n) is 23.0. The van der Waals surface area contributed by atoms with Crippen molar-refractivity contribution in [1.82, 2.24) is 14.9 Å². The summed E-state index contributed by atoms with van der Waals surface area (Å²) < 4.78 is 40.2. The molecule has 1 atom stereocenters. The van der Waals surface area contributed by atoms with Gasteiger partial charge in [0.15, 0.2) is 5.82 Å². The van der Waals surface area contributed by atoms with E-state index < -0.39 is 11.7 Å². The Balaban J connectivity index is 1.64. The Morgan fingerprint density at radius 1 is 0.974 bits per heavy atom. The number of alkyl halides is 3. The van der Waals surface area contributed by atoms with Gasteiger partial charge in [0.05, 0.1) is 5.56 Å². The van der Waals surface area contributed by atoms with Crippen LogP contribution in [0, 0.1) is 12.8 Å². The Morgan fingerprint density at radius 2 is 1.69 bits per heavy atom. The van der Waals surface area contributed by atoms with Gasteiger partial charge in [-0.25, -0.2) is 9.97 Å². The van der Waals surface area contributed by atoms with E-state index in [0.717, 1.165) is 60.5 Å². The van der Waals surface area contributed by atoms with Crippen LogP contribution >= 0.6 is 0 Å². The summed E-state index contributed by atoms with van der Waals surface area (Å²) in [5.74, 6) is 1.27. The number of amides is 1. The molecule has 1 saturated heterocycles. The number of aryl methyl sites for hydroxylation is 1. The SMILES string of the molecule is CCCC[C@@H](CC)C(=O)N1CCN(c2nc(-c3cccc(C(F)(F)F)c3)nc(C)c2Cc2ccccc2)CC1. The average Bonchev–Trinajstić information content (AvgIpc) is 2.94. The molecule has 0 bridgehead atoms. The van der Waals surface area contributed by atoms with E-state index in [4.69, 9.17) is 4.98 Å². The molecule has 0 aliphatic carbocycles. The summed E-state index contributed by atoms with van der Waals surface area (Å²) >= 11 is 0. The third kappa shape index (κ3) is 6.97. The van der Waals surface area contributed by atoms with Gasteiger partial charge in [-0.1, -0.05) is 69.2 Å². The van der Waals surface area contributed by atoms with Crippen LogP contribution in [0.1, 0.15) is 61.9 Å². The predicted molar refractivity (Wildman–Crippen MR) is 149 cm³/mol. The molecule has 1 aliphatic rings. The molecule has 3 aromatic rings. The third-order valence-corrected chi connectivity index (χ3v) is 7.50. The third-order valence-electron chi connectivity index (χ3n) is 7.50. The molecule has 39 heavy (non-hydrogen) atoms. The predicted octanol–water partition coefficient (Wildman–Crippen LogP) is 6.93. The summed E-state index contributed by atoms with van der Waals surface area (Å²) in [4.78, 5) is 26.8. The molecule has 1 aliphatic heterocycles. The lowest BCUT2D eigenvalue weighted by atomic mass is 9.97. The second kappa shape index (κ2) is 12.6. The largest absolute Gasteiger partial charge is 0.416 e. The topological polar surface area (TPSA) is 49.3 Å². The standard InChI is InChI=1S/C31H37F3N4O/c1-4-6-13-24(5-2)30(39)38-18-16-37(17-19-38)29-27(20-23-11-8-7-9-12-23)22(3)35-28(36-29)25-14-10-15-26(21-25)31(32,33)34/h7-12,14-15,21,24H,4-6,13,16-20H2,1-3H3/t24-/m1/s1. The maximum atomic E-state index is 13.4. The van der Waals surface area contributed by atoms with Crippen LogP contribution in [0.3, 0.4) is 0 Å². The second-order valence-corrected chi connectivity index (χ2v) is 10.2. The van der Waals surface area contributed by atoms with Crippen molar-refractivity contribution in [1.29, 1.82) is 0 Å². The Kier molecular flexibility index (Phi) is 9.25. The smallest absolute Gasteiger partial charge is 0.353 e. The minimum atomic E-state index is -4.45. The van der Waals surface area contributed by atoms with Gasteiger partial charge in [-0.15, -0.1) is 0 Å². The van der Waals surface area contributed by atoms with E-state index in [9.17, 15) is 18.0 Å². The van der Waals surface area contributed by atoms with Gasteiger partial charge in [-0.2, -0.15) is 13.2 Å². The van der Waals surface area contributed by atoms with E-state index in [0.29, 0.717) is 38.2 Å². The van der Waals surface area contributed by atoms with Crippen molar-refractivity contribution in [2.24, 2.45) is 5.92 Å². The molecule has 5 nitrogen and oxygen atoms in total. The van der Waals surface area contributed by atoms with Crippen LogP contribution in [-0.2, 0) is 17.4 Å². The number of carbonyl (C=O) groups is 1. The molecule has 2 aromatic carbocycles. The number of anilines is 1. The molecule has 1 amide bonds. The highest BCUT2D eigenvalue weighted by molar-refractivity contribution is 5.79. The van der Waals surface area contributed by atoms with Crippen LogP contribution in [0.25, 0.3) is 11.4 Å². The average molecular weight is 539 g/mol. The number of hydrogen-bond acceptors (Lipinski definition) is 4. The fraction of sp³-hybridized carbons (Fsp3) is 0.452. The molecule has 1 aromatic heterocycles. The molecule has 2 heterocycles. The van der Waals surface area contributed by atoms with Crippen molar-refractivity contribution >= 4 is 11.7 Å². The number of aromatic nitrogens is 2. The fourth-order valence-corrected chi connectivity index (χ4v) is 5.16. The van der Waals surface area contributed by atoms with E-state index in [1.165, 1.54) is 6.07 Å². The highest BCUT2D eigenvalue weighted by Crippen LogP contribution is 2.33. The zero-order chi connectivity index (χ0) is 28.0. The van der Waals surface area contributed by atoms with Gasteiger partial charge in [-0.05, 0) is 37.5 Å². The van der Waals surface area contributed by atoms with Crippen molar-refractivity contribution in [2.75, 3.05) is 31.1 Å². The first-order valence-corrected chi connectivity index (χ1v) is 13.8. The van der Waals surface area contributed by atoms with E-state index >= 15 is 0 Å². The van der Waals surface area contributed by atoms with E-state index in [2.05, 4.69) is 23.7 Å². The van der Waals surface area contributed by atoms with Crippen molar-refractivity contribution in [2.45, 2.75) is 59.1 Å². The minimum Gasteiger partial charge on any atom is -0.353 e. The summed E-state index contributed by atoms with van der Waals surface area (Å²) in [6, 6.07) is 15.2. The van der Waals surface area contributed by atoms with E-state index in [1.54, 1.807) is 6.07 Å². The number of unbranched alkanes of at least 4 members (excludes halogenated alkanes) is 1. The first-order valence-electron chi connectivity index (χ1n) is 13.8. The summed E-state index contributed by atoms with van der Waals surface area (Å²) in [6.07, 6.45) is 0.0372. The Hall–Kier alpha value is -3.42. The molecule has 208 valence electrons. The number of carbonyl (C=O) groups excluding carboxylic acids is 1. The van der Waals surface area contributed by atoms with E-state index in [1.807, 2.05) is 42.2 Å². The highest BCUT2D eigenvalue weighted by atomic mass is 19.4. The lowest BCUT2D eigenvalue weighted by Gasteiger charge is -2.38. The van der Waals surface area contributed by atoms with Gasteiger partial charge in [-0.3, -0.25) is 4.79 Å². The molecule has 0 radical (unpaired) electrons. The second-order valence-electron chi connectivity index (χ2n) is 10.2. The molecular formula is C31H37F3N4O. The summed E-state index contributed by atoms with van der Waals surface area (Å²) in [5, 5.41) is 0. The van der Waals surface area contributed by atoms with Crippen LogP contribution in [0.15, 0.2) is 54.6 Å². The summed E-state index contributed by atoms with van der Waals surface area (Å²) in [5.41, 5.74) is 2.40. The molecule has 0 spiro atoms. The monoisotopic (exact) mass is 538 g/mol. The maximum Gasteiger partial charge on any atom is 0.416 e. The molecule has 8 heteroatoms. The normalized spacial score (nSPS) is 14.9. The Labute approximate surface area is 229 Å². The number of benzene rings is 2. The summed E-state index contributed by atoms with van der Waals surface area (Å²) in [7, 11) is 0. The molecular weight excluding hydrogens is 501 g/mol. The van der Waals surface area contributed by atoms with Crippen molar-refractivity contribution in [3.63, 3.8) is 0 Å². The lowest BCUT2D eigenvalue weighted by Crippen LogP contribution is -2.51. The van der Waals surface area contributed by atoms with Gasteiger partial charge in [0.2, 0.25) is 5.91 Å². The number of rotatable bonds is 9. The molecule has 0 unspecified atom stereocenters. The number of halogens is 3. The van der Waals surface area contributed by atoms with Gasteiger partial charge >= 0.3 is 6.18 Å². The van der Waals surface area contributed by atoms with E-state index in [-0.39, 0.29) is 17.6 Å². The first kappa shape index (κ1) is 28.6. The Morgan fingerprint density at radius 3 is 2.33 bits per heavy atom. The fourth-order valence-electron chi connectivity index (χ4n) is 5.16. The number of hydrogen-bond donors (Lipinski definition) is 0. The van der Waals surface area contributed by atoms with Gasteiger partial charge < -0.3 is 9.80 Å². The first-order chi connectivity index (χ1) is 18.7. The number of nitrogens with zero attached hydrogens (tertiary/aromatic N) is 4. The number of piperazine rings is 1. The van der Waals surface area contributed by atoms with Crippen molar-refractivity contribution in [3.05, 3.63) is 77.0 Å². The van der Waals surface area contributed by atoms with Gasteiger partial charge in [0.25, 0.3) is 0 Å². The van der Waals surface area contributed by atoms with Crippen LogP contribution in [-0.4, -0.2) is 47.0 Å². The minimum absolute atomic E-state index is 0.0546. The maximum absolute atomic E-state index is 13.4. The van der Waals surface area contributed by atoms with Crippen molar-refractivity contribution < 1.29 is 18.0 Å².